The van der Waals surface area contributed by atoms with Gasteiger partial charge in [-0.3, -0.25) is 4.79 Å². The van der Waals surface area contributed by atoms with Crippen molar-refractivity contribution in [2.24, 2.45) is 11.8 Å². The average molecular weight is 224 g/mol. The second kappa shape index (κ2) is 5.67. The maximum absolute atomic E-state index is 12.0. The Hall–Kier alpha value is -0.570. The van der Waals surface area contributed by atoms with Gasteiger partial charge in [0.25, 0.3) is 0 Å². The summed E-state index contributed by atoms with van der Waals surface area (Å²) in [6, 6.07) is 0. The molecule has 2 aliphatic rings. The lowest BCUT2D eigenvalue weighted by molar-refractivity contribution is -0.132. The van der Waals surface area contributed by atoms with Crippen LogP contribution in [0.1, 0.15) is 39.0 Å². The lowest BCUT2D eigenvalue weighted by atomic mass is 9.97. The molecule has 1 N–H and O–H groups in total. The van der Waals surface area contributed by atoms with E-state index >= 15 is 0 Å². The summed E-state index contributed by atoms with van der Waals surface area (Å²) in [5, 5.41) is 3.37. The first-order valence-corrected chi connectivity index (χ1v) is 6.78. The summed E-state index contributed by atoms with van der Waals surface area (Å²) in [5.41, 5.74) is 0. The van der Waals surface area contributed by atoms with Gasteiger partial charge in [-0.15, -0.1) is 0 Å². The Labute approximate surface area is 98.6 Å². The zero-order chi connectivity index (χ0) is 11.4. The minimum atomic E-state index is 0.392. The van der Waals surface area contributed by atoms with E-state index in [0.29, 0.717) is 5.91 Å². The van der Waals surface area contributed by atoms with Crippen LogP contribution in [0.15, 0.2) is 0 Å². The maximum atomic E-state index is 12.0. The predicted molar refractivity (Wildman–Crippen MR) is 65.2 cm³/mol. The van der Waals surface area contributed by atoms with Crippen molar-refractivity contribution in [2.45, 2.75) is 39.0 Å². The van der Waals surface area contributed by atoms with Crippen molar-refractivity contribution in [3.63, 3.8) is 0 Å². The Bertz CT molecular complexity index is 232. The molecule has 2 fully saturated rings. The van der Waals surface area contributed by atoms with Crippen molar-refractivity contribution >= 4 is 5.91 Å². The monoisotopic (exact) mass is 224 g/mol. The third-order valence-corrected chi connectivity index (χ3v) is 3.83. The first-order chi connectivity index (χ1) is 7.79. The minimum Gasteiger partial charge on any atom is -0.343 e. The van der Waals surface area contributed by atoms with E-state index in [1.54, 1.807) is 0 Å². The van der Waals surface area contributed by atoms with E-state index in [2.05, 4.69) is 17.1 Å². The molecule has 2 rings (SSSR count). The second-order valence-electron chi connectivity index (χ2n) is 5.27. The van der Waals surface area contributed by atoms with Crippen molar-refractivity contribution in [1.82, 2.24) is 10.2 Å². The van der Waals surface area contributed by atoms with Crippen LogP contribution in [0.2, 0.25) is 0 Å². The number of piperidine rings is 1. The maximum Gasteiger partial charge on any atom is 0.222 e. The molecule has 0 atom stereocenters. The minimum absolute atomic E-state index is 0.392. The van der Waals surface area contributed by atoms with Crippen LogP contribution in [0.4, 0.5) is 0 Å². The van der Waals surface area contributed by atoms with Gasteiger partial charge in [-0.1, -0.05) is 0 Å². The summed E-state index contributed by atoms with van der Waals surface area (Å²) in [6.45, 7) is 6.23. The van der Waals surface area contributed by atoms with Crippen molar-refractivity contribution in [3.05, 3.63) is 0 Å². The molecular weight excluding hydrogens is 200 g/mol. The fourth-order valence-electron chi connectivity index (χ4n) is 2.48. The Kier molecular flexibility index (Phi) is 4.22. The van der Waals surface area contributed by atoms with E-state index in [-0.39, 0.29) is 0 Å². The highest BCUT2D eigenvalue weighted by atomic mass is 16.2. The molecule has 1 saturated carbocycles. The molecule has 1 amide bonds. The standard InChI is InChI=1S/C13H24N2O/c1-2-15(13(16)9-11-3-4-11)10-12-5-7-14-8-6-12/h11-12,14H,2-10H2,1H3. The number of amides is 1. The lowest BCUT2D eigenvalue weighted by Crippen LogP contribution is -2.39. The molecule has 0 aromatic carbocycles. The third kappa shape index (κ3) is 3.48. The van der Waals surface area contributed by atoms with Gasteiger partial charge in [0.15, 0.2) is 0 Å². The molecule has 0 radical (unpaired) electrons. The van der Waals surface area contributed by atoms with Gasteiger partial charge < -0.3 is 10.2 Å². The molecule has 0 bridgehead atoms. The van der Waals surface area contributed by atoms with Gasteiger partial charge in [-0.25, -0.2) is 0 Å². The molecule has 0 aromatic heterocycles. The number of hydrogen-bond acceptors (Lipinski definition) is 2. The molecule has 0 spiro atoms. The van der Waals surface area contributed by atoms with Crippen LogP contribution in [0.5, 0.6) is 0 Å². The molecule has 16 heavy (non-hydrogen) atoms. The molecule has 3 nitrogen and oxygen atoms in total. The molecule has 1 aliphatic heterocycles. The zero-order valence-corrected chi connectivity index (χ0v) is 10.4. The number of carbonyl (C=O) groups is 1. The van der Waals surface area contributed by atoms with Crippen LogP contribution in [-0.2, 0) is 4.79 Å². The van der Waals surface area contributed by atoms with Gasteiger partial charge in [0.05, 0.1) is 0 Å². The normalized spacial score (nSPS) is 22.1. The van der Waals surface area contributed by atoms with Gasteiger partial charge in [0.1, 0.15) is 0 Å². The molecule has 1 heterocycles. The molecule has 3 heteroatoms. The van der Waals surface area contributed by atoms with Gasteiger partial charge in [0.2, 0.25) is 5.91 Å². The highest BCUT2D eigenvalue weighted by molar-refractivity contribution is 5.76. The Morgan fingerprint density at radius 2 is 1.88 bits per heavy atom. The van der Waals surface area contributed by atoms with Gasteiger partial charge >= 0.3 is 0 Å². The van der Waals surface area contributed by atoms with E-state index < -0.39 is 0 Å². The van der Waals surface area contributed by atoms with Gasteiger partial charge in [0, 0.05) is 19.5 Å². The molecule has 0 aromatic rings. The first kappa shape index (κ1) is 11.9. The van der Waals surface area contributed by atoms with Crippen molar-refractivity contribution in [3.8, 4) is 0 Å². The zero-order valence-electron chi connectivity index (χ0n) is 10.4. The molecule has 1 aliphatic carbocycles. The van der Waals surface area contributed by atoms with Gasteiger partial charge in [-0.05, 0) is 57.5 Å². The van der Waals surface area contributed by atoms with Crippen LogP contribution in [0.3, 0.4) is 0 Å². The van der Waals surface area contributed by atoms with E-state index in [1.807, 2.05) is 0 Å². The summed E-state index contributed by atoms with van der Waals surface area (Å²) in [7, 11) is 0. The molecule has 92 valence electrons. The topological polar surface area (TPSA) is 32.3 Å². The number of hydrogen-bond donors (Lipinski definition) is 1. The highest BCUT2D eigenvalue weighted by Crippen LogP contribution is 2.33. The van der Waals surface area contributed by atoms with Crippen LogP contribution >= 0.6 is 0 Å². The predicted octanol–water partition coefficient (Wildman–Crippen LogP) is 1.63. The largest absolute Gasteiger partial charge is 0.343 e. The summed E-state index contributed by atoms with van der Waals surface area (Å²) >= 11 is 0. The first-order valence-electron chi connectivity index (χ1n) is 6.78. The van der Waals surface area contributed by atoms with E-state index in [9.17, 15) is 4.79 Å². The quantitative estimate of drug-likeness (QED) is 0.770. The number of nitrogens with one attached hydrogen (secondary N) is 1. The van der Waals surface area contributed by atoms with Crippen molar-refractivity contribution in [2.75, 3.05) is 26.2 Å². The highest BCUT2D eigenvalue weighted by Gasteiger charge is 2.27. The Balaban J connectivity index is 1.76. The fraction of sp³-hybridized carbons (Fsp3) is 0.923. The number of carbonyl (C=O) groups excluding carboxylic acids is 1. The average Bonchev–Trinajstić information content (AvgIpc) is 3.11. The van der Waals surface area contributed by atoms with Crippen LogP contribution in [0.25, 0.3) is 0 Å². The SMILES string of the molecule is CCN(CC1CCNCC1)C(=O)CC1CC1. The van der Waals surface area contributed by atoms with Crippen LogP contribution in [0, 0.1) is 11.8 Å². The smallest absolute Gasteiger partial charge is 0.222 e. The third-order valence-electron chi connectivity index (χ3n) is 3.83. The summed E-state index contributed by atoms with van der Waals surface area (Å²) in [5.74, 6) is 1.84. The van der Waals surface area contributed by atoms with Gasteiger partial charge in [-0.2, -0.15) is 0 Å². The lowest BCUT2D eigenvalue weighted by Gasteiger charge is -2.29. The number of rotatable bonds is 5. The molecule has 1 saturated heterocycles. The van der Waals surface area contributed by atoms with E-state index in [1.165, 1.54) is 25.7 Å². The number of nitrogens with zero attached hydrogens (tertiary/aromatic N) is 1. The molecular formula is C13H24N2O. The van der Waals surface area contributed by atoms with E-state index in [0.717, 1.165) is 44.4 Å². The van der Waals surface area contributed by atoms with Crippen LogP contribution < -0.4 is 5.32 Å². The summed E-state index contributed by atoms with van der Waals surface area (Å²) in [4.78, 5) is 14.1. The fourth-order valence-corrected chi connectivity index (χ4v) is 2.48. The van der Waals surface area contributed by atoms with Crippen molar-refractivity contribution in [1.29, 1.82) is 0 Å². The Morgan fingerprint density at radius 3 is 2.44 bits per heavy atom. The van der Waals surface area contributed by atoms with Crippen molar-refractivity contribution < 1.29 is 4.79 Å². The second-order valence-corrected chi connectivity index (χ2v) is 5.27. The van der Waals surface area contributed by atoms with Crippen LogP contribution in [-0.4, -0.2) is 37.0 Å². The summed E-state index contributed by atoms with van der Waals surface area (Å²) < 4.78 is 0. The van der Waals surface area contributed by atoms with E-state index in [4.69, 9.17) is 0 Å². The molecule has 0 unspecified atom stereocenters. The Morgan fingerprint density at radius 1 is 1.19 bits per heavy atom. The summed E-state index contributed by atoms with van der Waals surface area (Å²) in [6.07, 6.45) is 5.81.